The standard InChI is InChI=1S/C25H19Cl2N3O4S/c26-17-5-1-15(2-6-17)14-30-23(32)21(35-25(30)29-20-11-7-18(27)8-12-20)13-22(31)28-19-9-3-16(4-10-19)24(33)34/h1-12,21H,13-14H2,(H,28,31)(H,33,34)/t21-/m1/s1. The molecule has 0 radical (unpaired) electrons. The molecule has 0 bridgehead atoms. The number of anilines is 1. The lowest BCUT2D eigenvalue weighted by Gasteiger charge is -2.17. The maximum atomic E-state index is 13.3. The number of nitrogens with zero attached hydrogens (tertiary/aromatic N) is 2. The Hall–Kier alpha value is -3.33. The highest BCUT2D eigenvalue weighted by Crippen LogP contribution is 2.33. The van der Waals surface area contributed by atoms with Crippen LogP contribution in [0.3, 0.4) is 0 Å². The molecular weight excluding hydrogens is 509 g/mol. The zero-order valence-electron chi connectivity index (χ0n) is 18.2. The van der Waals surface area contributed by atoms with Crippen molar-refractivity contribution >= 4 is 69.3 Å². The first kappa shape index (κ1) is 24.8. The van der Waals surface area contributed by atoms with E-state index >= 15 is 0 Å². The maximum Gasteiger partial charge on any atom is 0.335 e. The molecule has 0 aliphatic carbocycles. The molecule has 3 aromatic rings. The van der Waals surface area contributed by atoms with Gasteiger partial charge in [0.1, 0.15) is 5.25 Å². The van der Waals surface area contributed by atoms with E-state index in [2.05, 4.69) is 10.3 Å². The van der Waals surface area contributed by atoms with Gasteiger partial charge in [0.25, 0.3) is 0 Å². The molecule has 2 amide bonds. The van der Waals surface area contributed by atoms with Crippen molar-refractivity contribution in [2.75, 3.05) is 5.32 Å². The SMILES string of the molecule is O=C(C[C@H]1SC(=Nc2ccc(Cl)cc2)N(Cc2ccc(Cl)cc2)C1=O)Nc1ccc(C(=O)O)cc1. The summed E-state index contributed by atoms with van der Waals surface area (Å²) in [5.74, 6) is -1.64. The number of hydrogen-bond donors (Lipinski definition) is 2. The first-order chi connectivity index (χ1) is 16.8. The van der Waals surface area contributed by atoms with Crippen molar-refractivity contribution in [1.82, 2.24) is 4.90 Å². The van der Waals surface area contributed by atoms with Crippen LogP contribution in [0.4, 0.5) is 11.4 Å². The van der Waals surface area contributed by atoms with Gasteiger partial charge in [0.05, 0.1) is 17.8 Å². The number of aromatic carboxylic acids is 1. The average Bonchev–Trinajstić information content (AvgIpc) is 3.11. The molecule has 1 atom stereocenters. The topological polar surface area (TPSA) is 99.1 Å². The second-order valence-corrected chi connectivity index (χ2v) is 9.71. The van der Waals surface area contributed by atoms with Crippen LogP contribution in [-0.2, 0) is 16.1 Å². The van der Waals surface area contributed by atoms with Gasteiger partial charge in [-0.1, -0.05) is 47.1 Å². The molecule has 35 heavy (non-hydrogen) atoms. The van der Waals surface area contributed by atoms with Crippen molar-refractivity contribution in [3.05, 3.63) is 94.0 Å². The van der Waals surface area contributed by atoms with Crippen LogP contribution in [0.5, 0.6) is 0 Å². The normalized spacial score (nSPS) is 16.5. The van der Waals surface area contributed by atoms with E-state index in [1.165, 1.54) is 36.0 Å². The molecule has 1 saturated heterocycles. The molecule has 7 nitrogen and oxygen atoms in total. The highest BCUT2D eigenvalue weighted by Gasteiger charge is 2.39. The van der Waals surface area contributed by atoms with Crippen LogP contribution in [0.1, 0.15) is 22.3 Å². The fourth-order valence-corrected chi connectivity index (χ4v) is 4.75. The number of carbonyl (C=O) groups excluding carboxylic acids is 2. The first-order valence-corrected chi connectivity index (χ1v) is 12.1. The van der Waals surface area contributed by atoms with Gasteiger partial charge in [0, 0.05) is 22.2 Å². The number of rotatable bonds is 7. The number of amidine groups is 1. The van der Waals surface area contributed by atoms with E-state index in [4.69, 9.17) is 28.3 Å². The second-order valence-electron chi connectivity index (χ2n) is 7.66. The van der Waals surface area contributed by atoms with E-state index in [1.54, 1.807) is 41.3 Å². The van der Waals surface area contributed by atoms with Crippen LogP contribution in [0, 0.1) is 0 Å². The highest BCUT2D eigenvalue weighted by molar-refractivity contribution is 8.15. The van der Waals surface area contributed by atoms with Crippen molar-refractivity contribution in [2.24, 2.45) is 4.99 Å². The number of hydrogen-bond acceptors (Lipinski definition) is 5. The number of nitrogens with one attached hydrogen (secondary N) is 1. The zero-order chi connectivity index (χ0) is 24.9. The summed E-state index contributed by atoms with van der Waals surface area (Å²) in [5.41, 5.74) is 2.07. The van der Waals surface area contributed by atoms with Gasteiger partial charge in [-0.15, -0.1) is 0 Å². The smallest absolute Gasteiger partial charge is 0.335 e. The lowest BCUT2D eigenvalue weighted by atomic mass is 10.2. The van der Waals surface area contributed by atoms with Crippen LogP contribution in [0.25, 0.3) is 0 Å². The maximum absolute atomic E-state index is 13.3. The Morgan fingerprint density at radius 3 is 2.14 bits per heavy atom. The van der Waals surface area contributed by atoms with E-state index in [0.717, 1.165) is 5.56 Å². The Morgan fingerprint density at radius 2 is 1.54 bits per heavy atom. The third kappa shape index (κ3) is 6.42. The van der Waals surface area contributed by atoms with Gasteiger partial charge >= 0.3 is 5.97 Å². The summed E-state index contributed by atoms with van der Waals surface area (Å²) >= 11 is 13.2. The van der Waals surface area contributed by atoms with E-state index in [9.17, 15) is 14.4 Å². The molecule has 0 unspecified atom stereocenters. The Labute approximate surface area is 215 Å². The van der Waals surface area contributed by atoms with Crippen molar-refractivity contribution in [2.45, 2.75) is 18.2 Å². The van der Waals surface area contributed by atoms with Gasteiger partial charge in [-0.3, -0.25) is 14.5 Å². The lowest BCUT2D eigenvalue weighted by Crippen LogP contribution is -2.33. The number of amides is 2. The number of carboxylic acid groups (broad SMARTS) is 1. The van der Waals surface area contributed by atoms with Crippen molar-refractivity contribution in [3.8, 4) is 0 Å². The zero-order valence-corrected chi connectivity index (χ0v) is 20.5. The minimum atomic E-state index is -1.05. The molecule has 0 aromatic heterocycles. The van der Waals surface area contributed by atoms with E-state index < -0.39 is 11.2 Å². The molecule has 3 aromatic carbocycles. The quantitative estimate of drug-likeness (QED) is 0.401. The van der Waals surface area contributed by atoms with E-state index in [0.29, 0.717) is 26.6 Å². The van der Waals surface area contributed by atoms with Crippen molar-refractivity contribution in [1.29, 1.82) is 0 Å². The molecule has 4 rings (SSSR count). The average molecular weight is 528 g/mol. The van der Waals surface area contributed by atoms with Crippen molar-refractivity contribution < 1.29 is 19.5 Å². The molecule has 1 aliphatic rings. The largest absolute Gasteiger partial charge is 0.478 e. The Bertz CT molecular complexity index is 1280. The second kappa shape index (κ2) is 10.9. The summed E-state index contributed by atoms with van der Waals surface area (Å²) in [5, 5.41) is 12.7. The highest BCUT2D eigenvalue weighted by atomic mass is 35.5. The van der Waals surface area contributed by atoms with E-state index in [1.807, 2.05) is 12.1 Å². The molecule has 0 saturated carbocycles. The Balaban J connectivity index is 1.51. The predicted octanol–water partition coefficient (Wildman–Crippen LogP) is 5.85. The first-order valence-electron chi connectivity index (χ1n) is 10.5. The van der Waals surface area contributed by atoms with Gasteiger partial charge in [0.15, 0.2) is 5.17 Å². The summed E-state index contributed by atoms with van der Waals surface area (Å²) in [6.45, 7) is 0.282. The third-order valence-electron chi connectivity index (χ3n) is 5.11. The van der Waals surface area contributed by atoms with Crippen LogP contribution >= 0.6 is 35.0 Å². The van der Waals surface area contributed by atoms with Crippen LogP contribution in [0.15, 0.2) is 77.8 Å². The van der Waals surface area contributed by atoms with Gasteiger partial charge in [-0.2, -0.15) is 0 Å². The minimum Gasteiger partial charge on any atom is -0.478 e. The molecule has 1 fully saturated rings. The number of benzene rings is 3. The summed E-state index contributed by atoms with van der Waals surface area (Å²) in [4.78, 5) is 43.1. The monoisotopic (exact) mass is 527 g/mol. The summed E-state index contributed by atoms with van der Waals surface area (Å²) in [7, 11) is 0. The molecule has 178 valence electrons. The summed E-state index contributed by atoms with van der Waals surface area (Å²) in [6, 6.07) is 19.9. The number of thioether (sulfide) groups is 1. The van der Waals surface area contributed by atoms with E-state index in [-0.39, 0.29) is 30.3 Å². The van der Waals surface area contributed by atoms with Gasteiger partial charge < -0.3 is 10.4 Å². The molecular formula is C25H19Cl2N3O4S. The number of halogens is 2. The van der Waals surface area contributed by atoms with Crippen molar-refractivity contribution in [3.63, 3.8) is 0 Å². The Kier molecular flexibility index (Phi) is 7.75. The predicted molar refractivity (Wildman–Crippen MR) is 139 cm³/mol. The molecule has 2 N–H and O–H groups in total. The summed E-state index contributed by atoms with van der Waals surface area (Å²) < 4.78 is 0. The van der Waals surface area contributed by atoms with Gasteiger partial charge in [-0.25, -0.2) is 9.79 Å². The molecule has 1 aliphatic heterocycles. The molecule has 1 heterocycles. The van der Waals surface area contributed by atoms with Gasteiger partial charge in [-0.05, 0) is 66.2 Å². The number of aliphatic imine (C=N–C) groups is 1. The number of carbonyl (C=O) groups is 3. The molecule has 10 heteroatoms. The van der Waals surface area contributed by atoms with Crippen LogP contribution < -0.4 is 5.32 Å². The van der Waals surface area contributed by atoms with Crippen LogP contribution in [-0.4, -0.2) is 38.2 Å². The lowest BCUT2D eigenvalue weighted by molar-refractivity contribution is -0.128. The fraction of sp³-hybridized carbons (Fsp3) is 0.120. The molecule has 0 spiro atoms. The van der Waals surface area contributed by atoms with Crippen LogP contribution in [0.2, 0.25) is 10.0 Å². The Morgan fingerprint density at radius 1 is 0.943 bits per heavy atom. The summed E-state index contributed by atoms with van der Waals surface area (Å²) in [6.07, 6.45) is -0.0685. The minimum absolute atomic E-state index is 0.0685. The fourth-order valence-electron chi connectivity index (χ4n) is 3.35. The van der Waals surface area contributed by atoms with Gasteiger partial charge in [0.2, 0.25) is 11.8 Å². The third-order valence-corrected chi connectivity index (χ3v) is 6.79. The number of carboxylic acids is 1.